The van der Waals surface area contributed by atoms with E-state index in [1.54, 1.807) is 19.1 Å². The molecule has 1 aliphatic rings. The van der Waals surface area contributed by atoms with Gasteiger partial charge >= 0.3 is 0 Å². The van der Waals surface area contributed by atoms with Crippen molar-refractivity contribution in [3.8, 4) is 17.2 Å². The van der Waals surface area contributed by atoms with Gasteiger partial charge in [-0.05, 0) is 29.8 Å². The Bertz CT molecular complexity index is 916. The third-order valence-electron chi connectivity index (χ3n) is 4.28. The predicted molar refractivity (Wildman–Crippen MR) is 98.3 cm³/mol. The lowest BCUT2D eigenvalue weighted by Gasteiger charge is -2.21. The van der Waals surface area contributed by atoms with Gasteiger partial charge in [-0.1, -0.05) is 13.0 Å². The third-order valence-corrected chi connectivity index (χ3v) is 6.20. The molecule has 3 rings (SSSR count). The van der Waals surface area contributed by atoms with E-state index in [-0.39, 0.29) is 23.7 Å². The van der Waals surface area contributed by atoms with Crippen LogP contribution in [0, 0.1) is 5.82 Å². The van der Waals surface area contributed by atoms with E-state index in [1.807, 2.05) is 0 Å². The molecule has 146 valence electrons. The first-order valence-electron chi connectivity index (χ1n) is 8.68. The van der Waals surface area contributed by atoms with Crippen LogP contribution in [0.1, 0.15) is 18.9 Å². The number of hydrogen-bond donors (Lipinski definition) is 0. The highest BCUT2D eigenvalue weighted by atomic mass is 32.2. The van der Waals surface area contributed by atoms with Gasteiger partial charge in [-0.2, -0.15) is 4.31 Å². The zero-order valence-corrected chi connectivity index (χ0v) is 16.1. The van der Waals surface area contributed by atoms with Gasteiger partial charge in [0.2, 0.25) is 10.0 Å². The smallest absolute Gasteiger partial charge is 0.243 e. The first-order valence-corrected chi connectivity index (χ1v) is 10.1. The molecule has 0 atom stereocenters. The van der Waals surface area contributed by atoms with E-state index >= 15 is 0 Å². The lowest BCUT2D eigenvalue weighted by atomic mass is 10.2. The summed E-state index contributed by atoms with van der Waals surface area (Å²) in [7, 11) is -2.40. The Balaban J connectivity index is 1.87. The van der Waals surface area contributed by atoms with Crippen molar-refractivity contribution in [2.24, 2.45) is 0 Å². The standard InChI is InChI=1S/C19H22FNO5S/c1-3-21(13-14-5-7-17(24-2)16(20)11-14)27(22,23)15-6-8-18-19(12-15)26-10-4-9-25-18/h5-8,11-12H,3-4,9-10,13H2,1-2H3. The molecule has 0 radical (unpaired) electrons. The van der Waals surface area contributed by atoms with Gasteiger partial charge in [0, 0.05) is 25.6 Å². The Kier molecular flexibility index (Phi) is 5.86. The number of fused-ring (bicyclic) bond motifs is 1. The van der Waals surface area contributed by atoms with Crippen LogP contribution in [-0.2, 0) is 16.6 Å². The normalized spacial score (nSPS) is 14.1. The fourth-order valence-electron chi connectivity index (χ4n) is 2.83. The largest absolute Gasteiger partial charge is 0.494 e. The van der Waals surface area contributed by atoms with E-state index in [0.717, 1.165) is 6.42 Å². The van der Waals surface area contributed by atoms with Crippen molar-refractivity contribution in [1.29, 1.82) is 0 Å². The molecule has 0 bridgehead atoms. The second-order valence-corrected chi connectivity index (χ2v) is 8.00. The van der Waals surface area contributed by atoms with Crippen molar-refractivity contribution < 1.29 is 27.0 Å². The fourth-order valence-corrected chi connectivity index (χ4v) is 4.28. The molecule has 0 unspecified atom stereocenters. The summed E-state index contributed by atoms with van der Waals surface area (Å²) in [6.07, 6.45) is 0.737. The number of hydrogen-bond acceptors (Lipinski definition) is 5. The van der Waals surface area contributed by atoms with E-state index in [2.05, 4.69) is 0 Å². The maximum absolute atomic E-state index is 13.9. The van der Waals surface area contributed by atoms with Crippen LogP contribution < -0.4 is 14.2 Å². The Labute approximate surface area is 158 Å². The minimum absolute atomic E-state index is 0.0498. The van der Waals surface area contributed by atoms with Crippen LogP contribution in [0.5, 0.6) is 17.2 Å². The van der Waals surface area contributed by atoms with Crippen LogP contribution in [0.4, 0.5) is 4.39 Å². The van der Waals surface area contributed by atoms with Crippen molar-refractivity contribution in [2.75, 3.05) is 26.9 Å². The number of benzene rings is 2. The van der Waals surface area contributed by atoms with Crippen LogP contribution in [-0.4, -0.2) is 39.6 Å². The van der Waals surface area contributed by atoms with Gasteiger partial charge in [0.1, 0.15) is 0 Å². The second kappa shape index (κ2) is 8.14. The number of rotatable bonds is 6. The van der Waals surface area contributed by atoms with Gasteiger partial charge in [0.15, 0.2) is 23.1 Å². The molecule has 0 saturated heterocycles. The lowest BCUT2D eigenvalue weighted by Crippen LogP contribution is -2.30. The Morgan fingerprint density at radius 1 is 1.11 bits per heavy atom. The average molecular weight is 395 g/mol. The lowest BCUT2D eigenvalue weighted by molar-refractivity contribution is 0.296. The SMILES string of the molecule is CCN(Cc1ccc(OC)c(F)c1)S(=O)(=O)c1ccc2c(c1)OCCCO2. The minimum Gasteiger partial charge on any atom is -0.494 e. The van der Waals surface area contributed by atoms with E-state index in [4.69, 9.17) is 14.2 Å². The molecule has 27 heavy (non-hydrogen) atoms. The summed E-state index contributed by atoms with van der Waals surface area (Å²) in [4.78, 5) is 0.114. The van der Waals surface area contributed by atoms with Crippen molar-refractivity contribution >= 4 is 10.0 Å². The maximum Gasteiger partial charge on any atom is 0.243 e. The maximum atomic E-state index is 13.9. The Hall–Kier alpha value is -2.32. The Morgan fingerprint density at radius 2 is 1.85 bits per heavy atom. The zero-order valence-electron chi connectivity index (χ0n) is 15.3. The van der Waals surface area contributed by atoms with Crippen LogP contribution in [0.3, 0.4) is 0 Å². The van der Waals surface area contributed by atoms with E-state index in [0.29, 0.717) is 30.3 Å². The van der Waals surface area contributed by atoms with Gasteiger partial charge in [0.05, 0.1) is 25.2 Å². The highest BCUT2D eigenvalue weighted by Gasteiger charge is 2.25. The molecule has 0 saturated carbocycles. The molecule has 1 aliphatic heterocycles. The molecule has 0 aliphatic carbocycles. The summed E-state index contributed by atoms with van der Waals surface area (Å²) in [5, 5.41) is 0. The van der Waals surface area contributed by atoms with Gasteiger partial charge in [-0.25, -0.2) is 12.8 Å². The van der Waals surface area contributed by atoms with Crippen molar-refractivity contribution in [3.05, 3.63) is 47.8 Å². The second-order valence-electron chi connectivity index (χ2n) is 6.06. The molecule has 0 amide bonds. The topological polar surface area (TPSA) is 65.1 Å². The van der Waals surface area contributed by atoms with Crippen LogP contribution in [0.2, 0.25) is 0 Å². The van der Waals surface area contributed by atoms with E-state index in [1.165, 1.54) is 35.7 Å². The molecular weight excluding hydrogens is 373 g/mol. The number of ether oxygens (including phenoxy) is 3. The molecule has 2 aromatic carbocycles. The fraction of sp³-hybridized carbons (Fsp3) is 0.368. The molecule has 2 aromatic rings. The van der Waals surface area contributed by atoms with Gasteiger partial charge in [0.25, 0.3) is 0 Å². The van der Waals surface area contributed by atoms with Gasteiger partial charge < -0.3 is 14.2 Å². The average Bonchev–Trinajstić information content (AvgIpc) is 2.90. The van der Waals surface area contributed by atoms with E-state index in [9.17, 15) is 12.8 Å². The van der Waals surface area contributed by atoms with Crippen molar-refractivity contribution in [3.63, 3.8) is 0 Å². The van der Waals surface area contributed by atoms with Crippen LogP contribution in [0.15, 0.2) is 41.3 Å². The summed E-state index contributed by atoms with van der Waals surface area (Å²) >= 11 is 0. The quantitative estimate of drug-likeness (QED) is 0.752. The molecule has 1 heterocycles. The summed E-state index contributed by atoms with van der Waals surface area (Å²) in [5.74, 6) is 0.540. The molecular formula is C19H22FNO5S. The number of sulfonamides is 1. The number of methoxy groups -OCH3 is 1. The monoisotopic (exact) mass is 395 g/mol. The van der Waals surface area contributed by atoms with Crippen LogP contribution in [0.25, 0.3) is 0 Å². The highest BCUT2D eigenvalue weighted by Crippen LogP contribution is 2.33. The molecule has 0 fully saturated rings. The Morgan fingerprint density at radius 3 is 2.52 bits per heavy atom. The zero-order chi connectivity index (χ0) is 19.4. The van der Waals surface area contributed by atoms with Gasteiger partial charge in [-0.3, -0.25) is 0 Å². The first kappa shape index (κ1) is 19.4. The van der Waals surface area contributed by atoms with Crippen molar-refractivity contribution in [1.82, 2.24) is 4.31 Å². The summed E-state index contributed by atoms with van der Waals surface area (Å²) in [6.45, 7) is 3.03. The van der Waals surface area contributed by atoms with Crippen molar-refractivity contribution in [2.45, 2.75) is 24.8 Å². The number of halogens is 1. The summed E-state index contributed by atoms with van der Waals surface area (Å²) in [5.41, 5.74) is 0.535. The third kappa shape index (κ3) is 4.17. The molecule has 8 heteroatoms. The van der Waals surface area contributed by atoms with Crippen LogP contribution >= 0.6 is 0 Å². The van der Waals surface area contributed by atoms with E-state index < -0.39 is 15.8 Å². The summed E-state index contributed by atoms with van der Waals surface area (Å²) in [6, 6.07) is 9.00. The number of nitrogens with zero attached hydrogens (tertiary/aromatic N) is 1. The molecule has 6 nitrogen and oxygen atoms in total. The predicted octanol–water partition coefficient (Wildman–Crippen LogP) is 3.21. The molecule has 0 aromatic heterocycles. The molecule has 0 N–H and O–H groups in total. The summed E-state index contributed by atoms with van der Waals surface area (Å²) < 4.78 is 57.4. The first-order chi connectivity index (χ1) is 13.0. The minimum atomic E-state index is -3.78. The van der Waals surface area contributed by atoms with Gasteiger partial charge in [-0.15, -0.1) is 0 Å². The highest BCUT2D eigenvalue weighted by molar-refractivity contribution is 7.89. The molecule has 0 spiro atoms.